The van der Waals surface area contributed by atoms with Crippen LogP contribution >= 0.6 is 0 Å². The normalized spacial score (nSPS) is 20.4. The summed E-state index contributed by atoms with van der Waals surface area (Å²) >= 11 is 0. The number of hydrogen-bond acceptors (Lipinski definition) is 4. The molecule has 4 heteroatoms. The van der Waals surface area contributed by atoms with Gasteiger partial charge in [0.15, 0.2) is 0 Å². The standard InChI is InChI=1S/C15H20N4/c1-14(2)13(15(14,3)4)19-12-10-7-9(16)5-6-11(10)17-8-18-12/h5-8,13H,16H2,1-4H3,(H,17,18,19). The summed E-state index contributed by atoms with van der Waals surface area (Å²) in [5.74, 6) is 0.876. The van der Waals surface area contributed by atoms with E-state index in [1.807, 2.05) is 18.2 Å². The quantitative estimate of drug-likeness (QED) is 0.811. The molecule has 0 atom stereocenters. The molecule has 0 amide bonds. The fraction of sp³-hybridized carbons (Fsp3) is 0.467. The molecule has 0 spiro atoms. The molecular weight excluding hydrogens is 236 g/mol. The fourth-order valence-corrected chi connectivity index (χ4v) is 2.88. The summed E-state index contributed by atoms with van der Waals surface area (Å²) in [6, 6.07) is 6.14. The zero-order valence-corrected chi connectivity index (χ0v) is 11.9. The van der Waals surface area contributed by atoms with Gasteiger partial charge in [-0.15, -0.1) is 0 Å². The molecule has 19 heavy (non-hydrogen) atoms. The van der Waals surface area contributed by atoms with Crippen LogP contribution in [0.15, 0.2) is 24.5 Å². The van der Waals surface area contributed by atoms with Crippen molar-refractivity contribution in [3.05, 3.63) is 24.5 Å². The summed E-state index contributed by atoms with van der Waals surface area (Å²) in [4.78, 5) is 8.66. The first-order valence-corrected chi connectivity index (χ1v) is 6.61. The summed E-state index contributed by atoms with van der Waals surface area (Å²) in [6.45, 7) is 9.12. The third kappa shape index (κ3) is 1.66. The van der Waals surface area contributed by atoms with Crippen LogP contribution in [0.3, 0.4) is 0 Å². The topological polar surface area (TPSA) is 63.8 Å². The van der Waals surface area contributed by atoms with E-state index in [-0.39, 0.29) is 10.8 Å². The molecule has 3 rings (SSSR count). The van der Waals surface area contributed by atoms with Gasteiger partial charge in [0.05, 0.1) is 5.52 Å². The Labute approximate surface area is 113 Å². The second-order valence-corrected chi connectivity index (χ2v) is 6.52. The number of aromatic nitrogens is 2. The Morgan fingerprint density at radius 2 is 1.79 bits per heavy atom. The van der Waals surface area contributed by atoms with Crippen molar-refractivity contribution in [1.29, 1.82) is 0 Å². The molecule has 0 unspecified atom stereocenters. The van der Waals surface area contributed by atoms with E-state index < -0.39 is 0 Å². The second-order valence-electron chi connectivity index (χ2n) is 6.52. The fourth-order valence-electron chi connectivity index (χ4n) is 2.88. The molecule has 1 aromatic heterocycles. The van der Waals surface area contributed by atoms with Gasteiger partial charge < -0.3 is 11.1 Å². The maximum Gasteiger partial charge on any atom is 0.137 e. The van der Waals surface area contributed by atoms with Crippen molar-refractivity contribution in [3.8, 4) is 0 Å². The van der Waals surface area contributed by atoms with Gasteiger partial charge in [-0.3, -0.25) is 0 Å². The number of anilines is 2. The van der Waals surface area contributed by atoms with Crippen molar-refractivity contribution < 1.29 is 0 Å². The molecule has 1 aliphatic carbocycles. The molecule has 0 aliphatic heterocycles. The molecule has 0 bridgehead atoms. The molecule has 1 saturated carbocycles. The number of nitrogens with two attached hydrogens (primary N) is 1. The van der Waals surface area contributed by atoms with Crippen LogP contribution < -0.4 is 11.1 Å². The summed E-state index contributed by atoms with van der Waals surface area (Å²) in [6.07, 6.45) is 1.60. The second kappa shape index (κ2) is 3.59. The molecule has 100 valence electrons. The van der Waals surface area contributed by atoms with Gasteiger partial charge in [-0.2, -0.15) is 0 Å². The Morgan fingerprint density at radius 1 is 1.11 bits per heavy atom. The Morgan fingerprint density at radius 3 is 2.42 bits per heavy atom. The average Bonchev–Trinajstić information content (AvgIpc) is 2.72. The zero-order valence-electron chi connectivity index (χ0n) is 11.9. The molecule has 1 aliphatic rings. The highest BCUT2D eigenvalue weighted by Crippen LogP contribution is 2.63. The maximum absolute atomic E-state index is 5.86. The first-order valence-electron chi connectivity index (χ1n) is 6.61. The predicted molar refractivity (Wildman–Crippen MR) is 78.9 cm³/mol. The van der Waals surface area contributed by atoms with Gasteiger partial charge in [-0.25, -0.2) is 9.97 Å². The molecule has 0 radical (unpaired) electrons. The lowest BCUT2D eigenvalue weighted by Crippen LogP contribution is -2.11. The Hall–Kier alpha value is -1.84. The largest absolute Gasteiger partial charge is 0.399 e. The van der Waals surface area contributed by atoms with Crippen molar-refractivity contribution in [1.82, 2.24) is 9.97 Å². The minimum Gasteiger partial charge on any atom is -0.399 e. The maximum atomic E-state index is 5.86. The van der Waals surface area contributed by atoms with Crippen LogP contribution in [0.1, 0.15) is 27.7 Å². The number of benzene rings is 1. The highest BCUT2D eigenvalue weighted by Gasteiger charge is 2.65. The molecule has 0 saturated heterocycles. The van der Waals surface area contributed by atoms with Gasteiger partial charge in [0, 0.05) is 17.1 Å². The lowest BCUT2D eigenvalue weighted by molar-refractivity contribution is 0.457. The minimum absolute atomic E-state index is 0.268. The summed E-state index contributed by atoms with van der Waals surface area (Å²) in [5, 5.41) is 4.55. The van der Waals surface area contributed by atoms with E-state index in [2.05, 4.69) is 43.0 Å². The highest BCUT2D eigenvalue weighted by atomic mass is 15.1. The van der Waals surface area contributed by atoms with Crippen molar-refractivity contribution in [2.75, 3.05) is 11.1 Å². The van der Waals surface area contributed by atoms with Crippen LogP contribution in [0.4, 0.5) is 11.5 Å². The highest BCUT2D eigenvalue weighted by molar-refractivity contribution is 5.91. The third-order valence-corrected chi connectivity index (χ3v) is 4.96. The lowest BCUT2D eigenvalue weighted by Gasteiger charge is -2.10. The van der Waals surface area contributed by atoms with E-state index in [0.717, 1.165) is 22.4 Å². The van der Waals surface area contributed by atoms with Gasteiger partial charge >= 0.3 is 0 Å². The minimum atomic E-state index is 0.268. The molecule has 3 N–H and O–H groups in total. The van der Waals surface area contributed by atoms with E-state index in [9.17, 15) is 0 Å². The number of nitrogens with one attached hydrogen (secondary N) is 1. The molecule has 1 aromatic carbocycles. The van der Waals surface area contributed by atoms with Crippen molar-refractivity contribution in [2.24, 2.45) is 10.8 Å². The van der Waals surface area contributed by atoms with Crippen molar-refractivity contribution in [2.45, 2.75) is 33.7 Å². The van der Waals surface area contributed by atoms with Gasteiger partial charge in [-0.05, 0) is 29.0 Å². The molecule has 2 aromatic rings. The zero-order chi connectivity index (χ0) is 13.8. The number of nitrogens with zero attached hydrogens (tertiary/aromatic N) is 2. The van der Waals surface area contributed by atoms with Crippen molar-refractivity contribution >= 4 is 22.4 Å². The molecular formula is C15H20N4. The average molecular weight is 256 g/mol. The molecule has 1 fully saturated rings. The summed E-state index contributed by atoms with van der Waals surface area (Å²) < 4.78 is 0. The van der Waals surface area contributed by atoms with E-state index in [4.69, 9.17) is 5.73 Å². The van der Waals surface area contributed by atoms with Crippen LogP contribution in [-0.4, -0.2) is 16.0 Å². The SMILES string of the molecule is CC1(C)C(Nc2ncnc3ccc(N)cc23)C1(C)C. The number of nitrogen functional groups attached to an aromatic ring is 1. The molecule has 4 nitrogen and oxygen atoms in total. The van der Waals surface area contributed by atoms with E-state index in [0.29, 0.717) is 6.04 Å². The lowest BCUT2D eigenvalue weighted by atomic mass is 10.0. The van der Waals surface area contributed by atoms with Crippen LogP contribution in [-0.2, 0) is 0 Å². The van der Waals surface area contributed by atoms with E-state index in [1.165, 1.54) is 0 Å². The Bertz CT molecular complexity index is 632. The van der Waals surface area contributed by atoms with Gasteiger partial charge in [0.1, 0.15) is 12.1 Å². The number of hydrogen-bond donors (Lipinski definition) is 2. The van der Waals surface area contributed by atoms with Crippen LogP contribution in [0, 0.1) is 10.8 Å². The monoisotopic (exact) mass is 256 g/mol. The first-order chi connectivity index (χ1) is 8.84. The number of fused-ring (bicyclic) bond motifs is 1. The summed E-state index contributed by atoms with van der Waals surface area (Å²) in [5.41, 5.74) is 8.05. The van der Waals surface area contributed by atoms with Crippen LogP contribution in [0.25, 0.3) is 10.9 Å². The third-order valence-electron chi connectivity index (χ3n) is 4.96. The Balaban J connectivity index is 2.01. The van der Waals surface area contributed by atoms with Crippen LogP contribution in [0.2, 0.25) is 0 Å². The van der Waals surface area contributed by atoms with Crippen LogP contribution in [0.5, 0.6) is 0 Å². The summed E-state index contributed by atoms with van der Waals surface area (Å²) in [7, 11) is 0. The predicted octanol–water partition coefficient (Wildman–Crippen LogP) is 3.06. The van der Waals surface area contributed by atoms with Gasteiger partial charge in [-0.1, -0.05) is 27.7 Å². The number of rotatable bonds is 2. The molecule has 1 heterocycles. The van der Waals surface area contributed by atoms with Gasteiger partial charge in [0.2, 0.25) is 0 Å². The van der Waals surface area contributed by atoms with Crippen molar-refractivity contribution in [3.63, 3.8) is 0 Å². The smallest absolute Gasteiger partial charge is 0.137 e. The van der Waals surface area contributed by atoms with E-state index in [1.54, 1.807) is 6.33 Å². The van der Waals surface area contributed by atoms with E-state index >= 15 is 0 Å². The Kier molecular flexibility index (Phi) is 2.31. The van der Waals surface area contributed by atoms with Gasteiger partial charge in [0.25, 0.3) is 0 Å². The first kappa shape index (κ1) is 12.2.